The maximum Gasteiger partial charge on any atom is 0.335 e. The van der Waals surface area contributed by atoms with Crippen LogP contribution >= 0.6 is 0 Å². The van der Waals surface area contributed by atoms with Crippen molar-refractivity contribution >= 4 is 5.97 Å². The maximum absolute atomic E-state index is 12.0. The summed E-state index contributed by atoms with van der Waals surface area (Å²) < 4.78 is 15.8. The monoisotopic (exact) mass is 333 g/mol. The van der Waals surface area contributed by atoms with Crippen molar-refractivity contribution in [2.75, 3.05) is 27.4 Å². The average molecular weight is 333 g/mol. The summed E-state index contributed by atoms with van der Waals surface area (Å²) in [5, 5.41) is 3.43. The molecule has 24 heavy (non-hydrogen) atoms. The second kappa shape index (κ2) is 9.21. The van der Waals surface area contributed by atoms with E-state index >= 15 is 0 Å². The minimum atomic E-state index is -0.175. The lowest BCUT2D eigenvalue weighted by atomic mass is 9.96. The molecule has 0 saturated carbocycles. The summed E-state index contributed by atoms with van der Waals surface area (Å²) in [6.07, 6.45) is 4.73. The van der Waals surface area contributed by atoms with Crippen LogP contribution in [0.3, 0.4) is 0 Å². The van der Waals surface area contributed by atoms with Gasteiger partial charge >= 0.3 is 5.97 Å². The molecule has 1 N–H and O–H groups in total. The Morgan fingerprint density at radius 3 is 2.58 bits per heavy atom. The van der Waals surface area contributed by atoms with E-state index in [1.807, 2.05) is 25.1 Å². The Labute approximate surface area is 144 Å². The fraction of sp³-hybridized carbons (Fsp3) is 0.526. The number of ether oxygens (including phenoxy) is 3. The smallest absolute Gasteiger partial charge is 0.335 e. The molecule has 0 unspecified atom stereocenters. The number of nitrogens with one attached hydrogen (secondary N) is 1. The third-order valence-corrected chi connectivity index (χ3v) is 4.19. The average Bonchev–Trinajstić information content (AvgIpc) is 2.62. The number of methoxy groups -OCH3 is 2. The Hall–Kier alpha value is -2.17. The highest BCUT2D eigenvalue weighted by atomic mass is 16.5. The van der Waals surface area contributed by atoms with E-state index in [1.54, 1.807) is 14.2 Å². The number of allylic oxidation sites excluding steroid dienone is 1. The van der Waals surface area contributed by atoms with Crippen LogP contribution in [0.15, 0.2) is 29.5 Å². The molecular weight excluding hydrogens is 306 g/mol. The molecule has 0 fully saturated rings. The van der Waals surface area contributed by atoms with E-state index in [4.69, 9.17) is 14.2 Å². The molecule has 132 valence electrons. The molecule has 0 amide bonds. The van der Waals surface area contributed by atoms with Gasteiger partial charge in [-0.2, -0.15) is 0 Å². The van der Waals surface area contributed by atoms with Gasteiger partial charge in [-0.3, -0.25) is 0 Å². The summed E-state index contributed by atoms with van der Waals surface area (Å²) >= 11 is 0. The van der Waals surface area contributed by atoms with Gasteiger partial charge in [0, 0.05) is 12.2 Å². The van der Waals surface area contributed by atoms with Gasteiger partial charge in [-0.15, -0.1) is 0 Å². The summed E-state index contributed by atoms with van der Waals surface area (Å²) in [4.78, 5) is 12.0. The number of hydrogen-bond acceptors (Lipinski definition) is 5. The highest BCUT2D eigenvalue weighted by molar-refractivity contribution is 5.89. The van der Waals surface area contributed by atoms with Gasteiger partial charge in [-0.1, -0.05) is 6.07 Å². The van der Waals surface area contributed by atoms with Gasteiger partial charge in [0.1, 0.15) is 0 Å². The van der Waals surface area contributed by atoms with E-state index < -0.39 is 0 Å². The summed E-state index contributed by atoms with van der Waals surface area (Å²) in [6, 6.07) is 5.94. The first-order valence-electron chi connectivity index (χ1n) is 8.53. The predicted octanol–water partition coefficient (Wildman–Crippen LogP) is 3.23. The SMILES string of the molecule is CCOC(=O)C1=C(NCCc2ccc(OC)c(OC)c2)CCCC1. The van der Waals surface area contributed by atoms with E-state index in [0.717, 1.165) is 67.0 Å². The molecule has 0 spiro atoms. The van der Waals surface area contributed by atoms with Crippen molar-refractivity contribution in [3.63, 3.8) is 0 Å². The van der Waals surface area contributed by atoms with Gasteiger partial charge in [0.05, 0.1) is 26.4 Å². The molecule has 5 nitrogen and oxygen atoms in total. The number of rotatable bonds is 8. The molecule has 0 radical (unpaired) electrons. The Balaban J connectivity index is 1.98. The van der Waals surface area contributed by atoms with Crippen molar-refractivity contribution in [1.29, 1.82) is 0 Å². The lowest BCUT2D eigenvalue weighted by molar-refractivity contribution is -0.138. The summed E-state index contributed by atoms with van der Waals surface area (Å²) in [6.45, 7) is 3.03. The first kappa shape index (κ1) is 18.2. The first-order chi connectivity index (χ1) is 11.7. The number of carbonyl (C=O) groups is 1. The predicted molar refractivity (Wildman–Crippen MR) is 93.4 cm³/mol. The molecule has 0 aromatic heterocycles. The van der Waals surface area contributed by atoms with Crippen molar-refractivity contribution < 1.29 is 19.0 Å². The molecule has 0 atom stereocenters. The molecule has 2 rings (SSSR count). The van der Waals surface area contributed by atoms with Crippen LogP contribution in [0.2, 0.25) is 0 Å². The summed E-state index contributed by atoms with van der Waals surface area (Å²) in [5.41, 5.74) is 3.02. The van der Waals surface area contributed by atoms with E-state index in [9.17, 15) is 4.79 Å². The van der Waals surface area contributed by atoms with Crippen LogP contribution in [0.25, 0.3) is 0 Å². The van der Waals surface area contributed by atoms with Crippen molar-refractivity contribution in [2.45, 2.75) is 39.0 Å². The molecule has 1 aliphatic carbocycles. The number of carbonyl (C=O) groups excluding carboxylic acids is 1. The standard InChI is InChI=1S/C19H27NO4/c1-4-24-19(21)15-7-5-6-8-16(15)20-12-11-14-9-10-17(22-2)18(13-14)23-3/h9-10,13,20H,4-8,11-12H2,1-3H3. The fourth-order valence-electron chi connectivity index (χ4n) is 2.94. The van der Waals surface area contributed by atoms with E-state index in [1.165, 1.54) is 0 Å². The van der Waals surface area contributed by atoms with Gasteiger partial charge in [-0.25, -0.2) is 4.79 Å². The third kappa shape index (κ3) is 4.66. The van der Waals surface area contributed by atoms with Gasteiger partial charge in [-0.05, 0) is 56.7 Å². The minimum Gasteiger partial charge on any atom is -0.493 e. The number of benzene rings is 1. The van der Waals surface area contributed by atoms with Crippen LogP contribution in [-0.2, 0) is 16.0 Å². The van der Waals surface area contributed by atoms with Crippen LogP contribution in [-0.4, -0.2) is 33.3 Å². The molecule has 1 aliphatic rings. The van der Waals surface area contributed by atoms with Crippen LogP contribution in [0.5, 0.6) is 11.5 Å². The van der Waals surface area contributed by atoms with E-state index in [-0.39, 0.29) is 5.97 Å². The van der Waals surface area contributed by atoms with Crippen LogP contribution < -0.4 is 14.8 Å². The Bertz CT molecular complexity index is 595. The van der Waals surface area contributed by atoms with Crippen molar-refractivity contribution in [2.24, 2.45) is 0 Å². The van der Waals surface area contributed by atoms with E-state index in [2.05, 4.69) is 5.32 Å². The lowest BCUT2D eigenvalue weighted by Gasteiger charge is -2.20. The molecule has 0 bridgehead atoms. The molecule has 0 saturated heterocycles. The minimum absolute atomic E-state index is 0.175. The second-order valence-electron chi connectivity index (χ2n) is 5.75. The molecular formula is C19H27NO4. The lowest BCUT2D eigenvalue weighted by Crippen LogP contribution is -2.24. The normalized spacial score (nSPS) is 14.3. The molecule has 0 heterocycles. The Kier molecular flexibility index (Phi) is 6.97. The van der Waals surface area contributed by atoms with Gasteiger partial charge in [0.2, 0.25) is 0 Å². The molecule has 1 aromatic rings. The summed E-state index contributed by atoms with van der Waals surface area (Å²) in [5.74, 6) is 1.29. The molecule has 0 aliphatic heterocycles. The number of esters is 1. The third-order valence-electron chi connectivity index (χ3n) is 4.19. The zero-order chi connectivity index (χ0) is 17.4. The highest BCUT2D eigenvalue weighted by Crippen LogP contribution is 2.28. The van der Waals surface area contributed by atoms with Crippen LogP contribution in [0, 0.1) is 0 Å². The topological polar surface area (TPSA) is 56.8 Å². The fourth-order valence-corrected chi connectivity index (χ4v) is 2.94. The summed E-state index contributed by atoms with van der Waals surface area (Å²) in [7, 11) is 3.27. The number of hydrogen-bond donors (Lipinski definition) is 1. The van der Waals surface area contributed by atoms with Gasteiger partial charge in [0.25, 0.3) is 0 Å². The Morgan fingerprint density at radius 1 is 1.12 bits per heavy atom. The van der Waals surface area contributed by atoms with Gasteiger partial charge < -0.3 is 19.5 Å². The van der Waals surface area contributed by atoms with Gasteiger partial charge in [0.15, 0.2) is 11.5 Å². The molecule has 5 heteroatoms. The van der Waals surface area contributed by atoms with Crippen LogP contribution in [0.4, 0.5) is 0 Å². The zero-order valence-electron chi connectivity index (χ0n) is 14.8. The highest BCUT2D eigenvalue weighted by Gasteiger charge is 2.19. The zero-order valence-corrected chi connectivity index (χ0v) is 14.8. The second-order valence-corrected chi connectivity index (χ2v) is 5.75. The van der Waals surface area contributed by atoms with Crippen LogP contribution in [0.1, 0.15) is 38.2 Å². The largest absolute Gasteiger partial charge is 0.493 e. The van der Waals surface area contributed by atoms with Crippen molar-refractivity contribution in [3.8, 4) is 11.5 Å². The van der Waals surface area contributed by atoms with E-state index in [0.29, 0.717) is 6.61 Å². The first-order valence-corrected chi connectivity index (χ1v) is 8.53. The quantitative estimate of drug-likeness (QED) is 0.740. The van der Waals surface area contributed by atoms with Crippen molar-refractivity contribution in [1.82, 2.24) is 5.32 Å². The Morgan fingerprint density at radius 2 is 1.88 bits per heavy atom. The van der Waals surface area contributed by atoms with Crippen molar-refractivity contribution in [3.05, 3.63) is 35.0 Å². The molecule has 1 aromatic carbocycles. The maximum atomic E-state index is 12.0.